The van der Waals surface area contributed by atoms with Crippen LogP contribution in [0.2, 0.25) is 0 Å². The number of rotatable bonds is 0. The molecule has 1 unspecified atom stereocenters. The van der Waals surface area contributed by atoms with Crippen molar-refractivity contribution in [3.05, 3.63) is 23.9 Å². The standard InChI is InChI=1S/C7H10ClN/c1-7(8)4-2-6(9)3-5-7/h2-4H,5,9H2,1H3. The van der Waals surface area contributed by atoms with Crippen LogP contribution in [0.1, 0.15) is 13.3 Å². The monoisotopic (exact) mass is 143 g/mol. The second-order valence-electron chi connectivity index (χ2n) is 2.52. The van der Waals surface area contributed by atoms with E-state index in [-0.39, 0.29) is 4.87 Å². The van der Waals surface area contributed by atoms with Crippen LogP contribution in [0.3, 0.4) is 0 Å². The first-order valence-corrected chi connectivity index (χ1v) is 3.32. The van der Waals surface area contributed by atoms with Crippen molar-refractivity contribution in [3.8, 4) is 0 Å². The predicted molar refractivity (Wildman–Crippen MR) is 40.3 cm³/mol. The molecule has 1 nitrogen and oxygen atoms in total. The minimum atomic E-state index is -0.205. The first-order valence-electron chi connectivity index (χ1n) is 2.94. The molecule has 1 aliphatic rings. The highest BCUT2D eigenvalue weighted by molar-refractivity contribution is 6.25. The van der Waals surface area contributed by atoms with Gasteiger partial charge in [0.25, 0.3) is 0 Å². The van der Waals surface area contributed by atoms with Crippen molar-refractivity contribution in [1.29, 1.82) is 0 Å². The molecule has 0 aromatic carbocycles. The fourth-order valence-corrected chi connectivity index (χ4v) is 0.864. The van der Waals surface area contributed by atoms with E-state index in [0.29, 0.717) is 0 Å². The average molecular weight is 144 g/mol. The van der Waals surface area contributed by atoms with Gasteiger partial charge >= 0.3 is 0 Å². The quantitative estimate of drug-likeness (QED) is 0.514. The summed E-state index contributed by atoms with van der Waals surface area (Å²) in [6, 6.07) is 0. The van der Waals surface area contributed by atoms with Gasteiger partial charge in [-0.05, 0) is 19.4 Å². The minimum Gasteiger partial charge on any atom is -0.399 e. The van der Waals surface area contributed by atoms with E-state index >= 15 is 0 Å². The molecule has 1 atom stereocenters. The Morgan fingerprint density at radius 3 is 2.78 bits per heavy atom. The van der Waals surface area contributed by atoms with Crippen molar-refractivity contribution in [2.75, 3.05) is 0 Å². The van der Waals surface area contributed by atoms with Gasteiger partial charge < -0.3 is 5.73 Å². The SMILES string of the molecule is CC1(Cl)C=CC(N)=CC1. The van der Waals surface area contributed by atoms with Crippen molar-refractivity contribution in [3.63, 3.8) is 0 Å². The van der Waals surface area contributed by atoms with Crippen LogP contribution in [0, 0.1) is 0 Å². The van der Waals surface area contributed by atoms with Crippen molar-refractivity contribution in [1.82, 2.24) is 0 Å². The molecule has 0 radical (unpaired) electrons. The summed E-state index contributed by atoms with van der Waals surface area (Å²) in [5.41, 5.74) is 6.28. The Kier molecular flexibility index (Phi) is 1.54. The number of alkyl halides is 1. The minimum absolute atomic E-state index is 0.205. The van der Waals surface area contributed by atoms with Gasteiger partial charge in [0.1, 0.15) is 0 Å². The molecule has 0 aliphatic heterocycles. The highest BCUT2D eigenvalue weighted by atomic mass is 35.5. The van der Waals surface area contributed by atoms with Gasteiger partial charge in [-0.25, -0.2) is 0 Å². The fourth-order valence-electron chi connectivity index (χ4n) is 0.723. The van der Waals surface area contributed by atoms with Gasteiger partial charge in [0.05, 0.1) is 4.87 Å². The number of halogens is 1. The predicted octanol–water partition coefficient (Wildman–Crippen LogP) is 1.79. The molecule has 0 heterocycles. The van der Waals surface area contributed by atoms with Gasteiger partial charge in [0.15, 0.2) is 0 Å². The fraction of sp³-hybridized carbons (Fsp3) is 0.429. The molecule has 2 heteroatoms. The van der Waals surface area contributed by atoms with E-state index in [1.54, 1.807) is 0 Å². The topological polar surface area (TPSA) is 26.0 Å². The van der Waals surface area contributed by atoms with E-state index in [2.05, 4.69) is 0 Å². The lowest BCUT2D eigenvalue weighted by molar-refractivity contribution is 0.775. The molecule has 0 aromatic rings. The lowest BCUT2D eigenvalue weighted by Crippen LogP contribution is -2.15. The second-order valence-corrected chi connectivity index (χ2v) is 3.38. The smallest absolute Gasteiger partial charge is 0.0636 e. The summed E-state index contributed by atoms with van der Waals surface area (Å²) >= 11 is 5.95. The zero-order chi connectivity index (χ0) is 6.91. The van der Waals surface area contributed by atoms with E-state index in [4.69, 9.17) is 17.3 Å². The maximum absolute atomic E-state index is 5.95. The number of nitrogens with two attached hydrogens (primary N) is 1. The molecule has 0 saturated heterocycles. The summed E-state index contributed by atoms with van der Waals surface area (Å²) in [5.74, 6) is 0. The van der Waals surface area contributed by atoms with E-state index in [1.807, 2.05) is 25.2 Å². The van der Waals surface area contributed by atoms with Crippen LogP contribution in [0.15, 0.2) is 23.9 Å². The van der Waals surface area contributed by atoms with Crippen LogP contribution < -0.4 is 5.73 Å². The highest BCUT2D eigenvalue weighted by Gasteiger charge is 2.17. The number of allylic oxidation sites excluding steroid dienone is 3. The zero-order valence-corrected chi connectivity index (χ0v) is 6.15. The normalized spacial score (nSPS) is 34.2. The first kappa shape index (κ1) is 6.69. The Balaban J connectivity index is 2.70. The highest BCUT2D eigenvalue weighted by Crippen LogP contribution is 2.25. The van der Waals surface area contributed by atoms with Crippen LogP contribution in [0.5, 0.6) is 0 Å². The van der Waals surface area contributed by atoms with Gasteiger partial charge in [-0.1, -0.05) is 12.2 Å². The summed E-state index contributed by atoms with van der Waals surface area (Å²) in [5, 5.41) is 0. The Morgan fingerprint density at radius 2 is 2.44 bits per heavy atom. The molecular weight excluding hydrogens is 134 g/mol. The zero-order valence-electron chi connectivity index (χ0n) is 5.39. The Morgan fingerprint density at radius 1 is 1.78 bits per heavy atom. The van der Waals surface area contributed by atoms with Crippen molar-refractivity contribution in [2.24, 2.45) is 5.73 Å². The maximum atomic E-state index is 5.95. The van der Waals surface area contributed by atoms with Gasteiger partial charge in [0, 0.05) is 5.70 Å². The molecule has 0 fully saturated rings. The van der Waals surface area contributed by atoms with Crippen LogP contribution in [-0.2, 0) is 0 Å². The molecule has 1 rings (SSSR count). The molecular formula is C7H10ClN. The largest absolute Gasteiger partial charge is 0.399 e. The molecule has 1 aliphatic carbocycles. The third-order valence-electron chi connectivity index (χ3n) is 1.36. The van der Waals surface area contributed by atoms with E-state index in [9.17, 15) is 0 Å². The number of hydrogen-bond donors (Lipinski definition) is 1. The molecule has 9 heavy (non-hydrogen) atoms. The lowest BCUT2D eigenvalue weighted by Gasteiger charge is -2.18. The van der Waals surface area contributed by atoms with Crippen molar-refractivity contribution >= 4 is 11.6 Å². The van der Waals surface area contributed by atoms with Crippen molar-refractivity contribution < 1.29 is 0 Å². The van der Waals surface area contributed by atoms with Gasteiger partial charge in [-0.2, -0.15) is 0 Å². The van der Waals surface area contributed by atoms with Crippen LogP contribution in [-0.4, -0.2) is 4.87 Å². The summed E-state index contributed by atoms with van der Waals surface area (Å²) in [7, 11) is 0. The molecule has 0 amide bonds. The molecule has 0 saturated carbocycles. The second kappa shape index (κ2) is 2.07. The summed E-state index contributed by atoms with van der Waals surface area (Å²) < 4.78 is 0. The van der Waals surface area contributed by atoms with Gasteiger partial charge in [-0.15, -0.1) is 11.6 Å². The summed E-state index contributed by atoms with van der Waals surface area (Å²) in [6.45, 7) is 1.97. The third-order valence-corrected chi connectivity index (χ3v) is 1.64. The Bertz CT molecular complexity index is 168. The van der Waals surface area contributed by atoms with E-state index in [1.165, 1.54) is 0 Å². The van der Waals surface area contributed by atoms with Gasteiger partial charge in [-0.3, -0.25) is 0 Å². The third kappa shape index (κ3) is 1.75. The average Bonchev–Trinajstić information content (AvgIpc) is 1.78. The Labute approximate surface area is 60.2 Å². The molecule has 0 bridgehead atoms. The lowest BCUT2D eigenvalue weighted by atomic mass is 10.0. The first-order chi connectivity index (χ1) is 4.10. The molecule has 50 valence electrons. The molecule has 2 N–H and O–H groups in total. The van der Waals surface area contributed by atoms with Crippen molar-refractivity contribution in [2.45, 2.75) is 18.2 Å². The van der Waals surface area contributed by atoms with Crippen LogP contribution >= 0.6 is 11.6 Å². The van der Waals surface area contributed by atoms with E-state index < -0.39 is 0 Å². The maximum Gasteiger partial charge on any atom is 0.0636 e. The number of hydrogen-bond acceptors (Lipinski definition) is 1. The Hall–Kier alpha value is -0.430. The molecule has 0 aromatic heterocycles. The van der Waals surface area contributed by atoms with E-state index in [0.717, 1.165) is 12.1 Å². The van der Waals surface area contributed by atoms with Crippen LogP contribution in [0.4, 0.5) is 0 Å². The summed E-state index contributed by atoms with van der Waals surface area (Å²) in [6.07, 6.45) is 6.53. The van der Waals surface area contributed by atoms with Gasteiger partial charge in [0.2, 0.25) is 0 Å². The van der Waals surface area contributed by atoms with Crippen LogP contribution in [0.25, 0.3) is 0 Å². The molecule has 0 spiro atoms. The summed E-state index contributed by atoms with van der Waals surface area (Å²) in [4.78, 5) is -0.205.